The highest BCUT2D eigenvalue weighted by atomic mass is 32.2. The van der Waals surface area contributed by atoms with Crippen LogP contribution in [0.25, 0.3) is 11.0 Å². The number of sulfone groups is 1. The van der Waals surface area contributed by atoms with Gasteiger partial charge in [0.05, 0.1) is 39.6 Å². The number of likely N-dealkylation sites (tertiary alicyclic amines) is 1. The monoisotopic (exact) mass is 647 g/mol. The number of hydrogen-bond donors (Lipinski definition) is 3. The second-order valence-electron chi connectivity index (χ2n) is 12.6. The number of para-hydroxylation sites is 1. The van der Waals surface area contributed by atoms with Crippen molar-refractivity contribution < 1.29 is 17.9 Å². The van der Waals surface area contributed by atoms with Crippen molar-refractivity contribution in [3.05, 3.63) is 53.2 Å². The summed E-state index contributed by atoms with van der Waals surface area (Å²) in [6, 6.07) is 11.0. The molecule has 3 heterocycles. The van der Waals surface area contributed by atoms with E-state index in [1.54, 1.807) is 38.1 Å². The molecule has 246 valence electrons. The number of Topliss-reactive ketones (excluding diaryl/α,β-unsaturated/α-hetero) is 1. The van der Waals surface area contributed by atoms with Gasteiger partial charge in [-0.15, -0.1) is 0 Å². The Hall–Kier alpha value is -4.03. The zero-order chi connectivity index (χ0) is 33.2. The van der Waals surface area contributed by atoms with Crippen molar-refractivity contribution in [3.63, 3.8) is 0 Å². The highest BCUT2D eigenvalue weighted by Crippen LogP contribution is 2.39. The first-order valence-electron chi connectivity index (χ1n) is 16.0. The number of carbonyl (C=O) groups excluding carboxylic acids is 1. The molecule has 0 aliphatic carbocycles. The van der Waals surface area contributed by atoms with Gasteiger partial charge in [0.15, 0.2) is 15.5 Å². The molecule has 46 heavy (non-hydrogen) atoms. The van der Waals surface area contributed by atoms with Crippen LogP contribution >= 0.6 is 0 Å². The quantitative estimate of drug-likeness (QED) is 0.154. The lowest BCUT2D eigenvalue weighted by molar-refractivity contribution is -0.120. The molecule has 1 aliphatic rings. The van der Waals surface area contributed by atoms with E-state index in [1.165, 1.54) is 5.56 Å². The Morgan fingerprint density at radius 2 is 1.76 bits per heavy atom. The van der Waals surface area contributed by atoms with Crippen LogP contribution in [0.2, 0.25) is 0 Å². The van der Waals surface area contributed by atoms with Gasteiger partial charge in [0.25, 0.3) is 0 Å². The van der Waals surface area contributed by atoms with Gasteiger partial charge in [-0.3, -0.25) is 14.8 Å². The molecule has 2 aromatic heterocycles. The van der Waals surface area contributed by atoms with E-state index < -0.39 is 15.1 Å². The van der Waals surface area contributed by atoms with Gasteiger partial charge in [0.1, 0.15) is 17.4 Å². The molecule has 0 radical (unpaired) electrons. The molecule has 5 rings (SSSR count). The highest BCUT2D eigenvalue weighted by Gasteiger charge is 2.26. The van der Waals surface area contributed by atoms with Crippen LogP contribution in [0.15, 0.2) is 41.3 Å². The maximum Gasteiger partial charge on any atom is 0.231 e. The Morgan fingerprint density at radius 3 is 2.43 bits per heavy atom. The van der Waals surface area contributed by atoms with E-state index in [0.29, 0.717) is 53.1 Å². The number of fused-ring (bicyclic) bond motifs is 1. The number of anilines is 4. The number of rotatable bonds is 12. The van der Waals surface area contributed by atoms with Gasteiger partial charge in [-0.05, 0) is 109 Å². The Bertz CT molecular complexity index is 1830. The minimum absolute atomic E-state index is 0.0629. The molecule has 0 atom stereocenters. The van der Waals surface area contributed by atoms with E-state index in [0.717, 1.165) is 42.9 Å². The zero-order valence-electron chi connectivity index (χ0n) is 27.8. The number of H-pyrrole nitrogens is 1. The first kappa shape index (κ1) is 33.3. The average Bonchev–Trinajstić information content (AvgIpc) is 3.39. The molecular formula is C34H45N7O4S. The first-order chi connectivity index (χ1) is 21.9. The number of hydrogen-bond acceptors (Lipinski definition) is 10. The number of aromatic amines is 1. The summed E-state index contributed by atoms with van der Waals surface area (Å²) in [6.07, 6.45) is 2.47. The number of nitrogens with zero attached hydrogens (tertiary/aromatic N) is 4. The predicted octanol–water partition coefficient (Wildman–Crippen LogP) is 6.58. The number of ether oxygens (including phenoxy) is 1. The van der Waals surface area contributed by atoms with Crippen LogP contribution in [0, 0.1) is 13.8 Å². The number of piperidine rings is 1. The Labute approximate surface area is 271 Å². The Balaban J connectivity index is 1.48. The Kier molecular flexibility index (Phi) is 9.97. The molecule has 1 saturated heterocycles. The normalized spacial score (nSPS) is 14.7. The standard InChI is InChI=1S/C34H45N7O4S/c1-8-25(42)19-41-15-13-24(14-16-41)26-18-29(45-20(2)3)28(17-22(26)6)36-34-37-32(31-23(7)39-40-33(31)38-34)35-27-11-9-10-12-30(27)46(43,44)21(4)5/h9-12,17-18,20-21,24H,8,13-16,19H2,1-7H3,(H3,35,36,37,38,39,40). The lowest BCUT2D eigenvalue weighted by Gasteiger charge is -2.32. The molecule has 0 unspecified atom stereocenters. The molecule has 12 heteroatoms. The van der Waals surface area contributed by atoms with E-state index in [4.69, 9.17) is 9.72 Å². The van der Waals surface area contributed by atoms with Gasteiger partial charge in [0.2, 0.25) is 5.95 Å². The third-order valence-electron chi connectivity index (χ3n) is 8.46. The van der Waals surface area contributed by atoms with Crippen molar-refractivity contribution in [3.8, 4) is 5.75 Å². The molecule has 0 saturated carbocycles. The summed E-state index contributed by atoms with van der Waals surface area (Å²) in [7, 11) is -3.56. The molecule has 0 spiro atoms. The number of aromatic nitrogens is 4. The van der Waals surface area contributed by atoms with E-state index in [-0.39, 0.29) is 16.8 Å². The van der Waals surface area contributed by atoms with Gasteiger partial charge in [-0.2, -0.15) is 15.1 Å². The largest absolute Gasteiger partial charge is 0.489 e. The summed E-state index contributed by atoms with van der Waals surface area (Å²) >= 11 is 0. The predicted molar refractivity (Wildman–Crippen MR) is 182 cm³/mol. The van der Waals surface area contributed by atoms with Gasteiger partial charge in [-0.25, -0.2) is 8.42 Å². The molecule has 4 aromatic rings. The summed E-state index contributed by atoms with van der Waals surface area (Å²) in [5, 5.41) is 14.1. The van der Waals surface area contributed by atoms with Crippen LogP contribution in [0.1, 0.15) is 76.6 Å². The lowest BCUT2D eigenvalue weighted by atomic mass is 9.86. The van der Waals surface area contributed by atoms with Gasteiger partial charge < -0.3 is 15.4 Å². The number of nitrogens with one attached hydrogen (secondary N) is 3. The summed E-state index contributed by atoms with van der Waals surface area (Å²) in [5.74, 6) is 2.07. The summed E-state index contributed by atoms with van der Waals surface area (Å²) < 4.78 is 32.6. The minimum atomic E-state index is -3.56. The van der Waals surface area contributed by atoms with Crippen LogP contribution in [-0.2, 0) is 14.6 Å². The molecule has 2 aromatic carbocycles. The van der Waals surface area contributed by atoms with Gasteiger partial charge in [-0.1, -0.05) is 19.1 Å². The lowest BCUT2D eigenvalue weighted by Crippen LogP contribution is -2.36. The number of carbonyl (C=O) groups is 1. The van der Waals surface area contributed by atoms with Gasteiger partial charge >= 0.3 is 0 Å². The fourth-order valence-corrected chi connectivity index (χ4v) is 7.09. The smallest absolute Gasteiger partial charge is 0.231 e. The second-order valence-corrected chi connectivity index (χ2v) is 15.1. The molecular weight excluding hydrogens is 602 g/mol. The molecule has 11 nitrogen and oxygen atoms in total. The maximum absolute atomic E-state index is 13.2. The summed E-state index contributed by atoms with van der Waals surface area (Å²) in [6.45, 7) is 15.5. The van der Waals surface area contributed by atoms with Crippen LogP contribution < -0.4 is 15.4 Å². The first-order valence-corrected chi connectivity index (χ1v) is 17.6. The molecule has 3 N–H and O–H groups in total. The van der Waals surface area contributed by atoms with Crippen LogP contribution in [0.4, 0.5) is 23.1 Å². The Morgan fingerprint density at radius 1 is 1.04 bits per heavy atom. The van der Waals surface area contributed by atoms with E-state index in [1.807, 2.05) is 27.7 Å². The van der Waals surface area contributed by atoms with E-state index in [9.17, 15) is 13.2 Å². The van der Waals surface area contributed by atoms with Crippen molar-refractivity contribution >= 4 is 49.8 Å². The van der Waals surface area contributed by atoms with Crippen molar-refractivity contribution in [1.29, 1.82) is 0 Å². The maximum atomic E-state index is 13.2. The average molecular weight is 648 g/mol. The molecule has 0 amide bonds. The third-order valence-corrected chi connectivity index (χ3v) is 10.7. The SMILES string of the molecule is CCC(=O)CN1CCC(c2cc(OC(C)C)c(Nc3nc(Nc4ccccc4S(=O)(=O)C(C)C)c4c(C)[nH]nc4n3)cc2C)CC1. The van der Waals surface area contributed by atoms with Crippen molar-refractivity contribution in [2.75, 3.05) is 30.3 Å². The highest BCUT2D eigenvalue weighted by molar-refractivity contribution is 7.92. The van der Waals surface area contributed by atoms with Crippen LogP contribution in [0.5, 0.6) is 5.75 Å². The number of ketones is 1. The van der Waals surface area contributed by atoms with Crippen molar-refractivity contribution in [1.82, 2.24) is 25.1 Å². The topological polar surface area (TPSA) is 142 Å². The summed E-state index contributed by atoms with van der Waals surface area (Å²) in [5.41, 5.74) is 4.71. The van der Waals surface area contributed by atoms with Crippen LogP contribution in [-0.4, -0.2) is 70.3 Å². The molecule has 1 aliphatic heterocycles. The molecule has 0 bridgehead atoms. The van der Waals surface area contributed by atoms with E-state index in [2.05, 4.69) is 49.8 Å². The van der Waals surface area contributed by atoms with E-state index >= 15 is 0 Å². The fourth-order valence-electron chi connectivity index (χ4n) is 5.89. The minimum Gasteiger partial charge on any atom is -0.489 e. The van der Waals surface area contributed by atoms with Crippen molar-refractivity contribution in [2.24, 2.45) is 0 Å². The third kappa shape index (κ3) is 7.18. The van der Waals surface area contributed by atoms with Gasteiger partial charge in [0, 0.05) is 12.1 Å². The number of benzene rings is 2. The van der Waals surface area contributed by atoms with Crippen molar-refractivity contribution in [2.45, 2.75) is 89.9 Å². The fraction of sp³-hybridized carbons (Fsp3) is 0.471. The second kappa shape index (κ2) is 13.8. The summed E-state index contributed by atoms with van der Waals surface area (Å²) in [4.78, 5) is 23.9. The number of aryl methyl sites for hydroxylation is 2. The zero-order valence-corrected chi connectivity index (χ0v) is 28.6. The van der Waals surface area contributed by atoms with Crippen LogP contribution in [0.3, 0.4) is 0 Å². The molecule has 1 fully saturated rings.